The highest BCUT2D eigenvalue weighted by Crippen LogP contribution is 2.42. The molecule has 35 heavy (non-hydrogen) atoms. The van der Waals surface area contributed by atoms with Gasteiger partial charge >= 0.3 is 12.4 Å². The van der Waals surface area contributed by atoms with E-state index in [2.05, 4.69) is 15.6 Å². The monoisotopic (exact) mass is 521 g/mol. The molecule has 2 aliphatic heterocycles. The third-order valence-corrected chi connectivity index (χ3v) is 7.58. The normalized spacial score (nSPS) is 26.7. The molecule has 0 radical (unpaired) electrons. The van der Waals surface area contributed by atoms with Crippen LogP contribution < -0.4 is 10.6 Å². The number of hydrogen-bond acceptors (Lipinski definition) is 5. The number of piperidine rings is 1. The molecule has 3 heterocycles. The number of alkyl halides is 6. The van der Waals surface area contributed by atoms with Crippen LogP contribution in [0.3, 0.4) is 0 Å². The van der Waals surface area contributed by atoms with Crippen LogP contribution in [-0.4, -0.2) is 28.6 Å². The van der Waals surface area contributed by atoms with Crippen LogP contribution in [0, 0.1) is 12.8 Å². The lowest BCUT2D eigenvalue weighted by molar-refractivity contribution is -0.143. The first kappa shape index (κ1) is 25.9. The number of rotatable bonds is 6. The van der Waals surface area contributed by atoms with Crippen LogP contribution in [-0.2, 0) is 35.0 Å². The van der Waals surface area contributed by atoms with E-state index in [-0.39, 0.29) is 29.5 Å². The van der Waals surface area contributed by atoms with Gasteiger partial charge in [-0.05, 0) is 56.9 Å². The number of benzene rings is 1. The number of aromatic nitrogens is 1. The maximum absolute atomic E-state index is 13.1. The Kier molecular flexibility index (Phi) is 6.93. The average molecular weight is 522 g/mol. The van der Waals surface area contributed by atoms with Gasteiger partial charge in [0.15, 0.2) is 0 Å². The van der Waals surface area contributed by atoms with Crippen LogP contribution in [0.15, 0.2) is 23.6 Å². The van der Waals surface area contributed by atoms with E-state index < -0.39 is 41.7 Å². The van der Waals surface area contributed by atoms with E-state index in [0.29, 0.717) is 37.9 Å². The lowest BCUT2D eigenvalue weighted by Gasteiger charge is -2.39. The van der Waals surface area contributed by atoms with Gasteiger partial charge in [0.2, 0.25) is 5.91 Å². The Bertz CT molecular complexity index is 1050. The first-order valence-electron chi connectivity index (χ1n) is 11.1. The van der Waals surface area contributed by atoms with Crippen LogP contribution in [0.25, 0.3) is 0 Å². The van der Waals surface area contributed by atoms with Gasteiger partial charge in [-0.3, -0.25) is 4.79 Å². The third-order valence-electron chi connectivity index (χ3n) is 6.61. The Labute approximate surface area is 202 Å². The Morgan fingerprint density at radius 2 is 1.83 bits per heavy atom. The molecule has 2 aromatic rings. The van der Waals surface area contributed by atoms with Crippen molar-refractivity contribution in [2.24, 2.45) is 5.92 Å². The highest BCUT2D eigenvalue weighted by atomic mass is 32.1. The zero-order valence-corrected chi connectivity index (χ0v) is 19.8. The molecule has 2 fully saturated rings. The topological polar surface area (TPSA) is 63.2 Å². The molecule has 1 aromatic heterocycles. The summed E-state index contributed by atoms with van der Waals surface area (Å²) in [7, 11) is 0. The van der Waals surface area contributed by atoms with Crippen LogP contribution in [0.1, 0.15) is 53.6 Å². The summed E-state index contributed by atoms with van der Waals surface area (Å²) in [6.07, 6.45) is -8.71. The molecular formula is C23H25F6N3O2S. The molecule has 4 rings (SSSR count). The zero-order chi connectivity index (χ0) is 25.6. The summed E-state index contributed by atoms with van der Waals surface area (Å²) in [6, 6.07) is 1.39. The fourth-order valence-corrected chi connectivity index (χ4v) is 5.66. The van der Waals surface area contributed by atoms with E-state index in [1.807, 2.05) is 19.2 Å². The van der Waals surface area contributed by atoms with E-state index in [0.717, 1.165) is 10.7 Å². The summed E-state index contributed by atoms with van der Waals surface area (Å²) in [6.45, 7) is 3.67. The highest BCUT2D eigenvalue weighted by molar-refractivity contribution is 7.09. The fourth-order valence-electron chi connectivity index (χ4n) is 4.95. The molecule has 0 spiro atoms. The Balaban J connectivity index is 1.41. The van der Waals surface area contributed by atoms with Crippen LogP contribution in [0.4, 0.5) is 26.3 Å². The SMILES string of the molecule is Cc1csc(CNC(=O)C2CC3(C)NC2CCC3OCc2cc(C(F)(F)F)cc(C(F)(F)F)c2)n1. The van der Waals surface area contributed by atoms with Crippen LogP contribution in [0.2, 0.25) is 0 Å². The van der Waals surface area contributed by atoms with Crippen molar-refractivity contribution in [2.45, 2.75) is 76.3 Å². The lowest BCUT2D eigenvalue weighted by atomic mass is 9.88. The molecule has 1 aromatic carbocycles. The zero-order valence-electron chi connectivity index (χ0n) is 19.0. The van der Waals surface area contributed by atoms with Crippen molar-refractivity contribution in [2.75, 3.05) is 0 Å². The lowest BCUT2D eigenvalue weighted by Crippen LogP contribution is -2.55. The van der Waals surface area contributed by atoms with E-state index >= 15 is 0 Å². The number of carbonyl (C=O) groups excluding carboxylic acids is 1. The first-order chi connectivity index (χ1) is 16.2. The molecular weight excluding hydrogens is 496 g/mol. The van der Waals surface area contributed by atoms with Crippen LogP contribution in [0.5, 0.6) is 0 Å². The minimum absolute atomic E-state index is 0.0803. The summed E-state index contributed by atoms with van der Waals surface area (Å²) in [4.78, 5) is 17.2. The van der Waals surface area contributed by atoms with E-state index in [1.54, 1.807) is 0 Å². The van der Waals surface area contributed by atoms with Crippen molar-refractivity contribution in [3.63, 3.8) is 0 Å². The predicted molar refractivity (Wildman–Crippen MR) is 116 cm³/mol. The number of carbonyl (C=O) groups is 1. The van der Waals surface area contributed by atoms with Crippen LogP contribution >= 0.6 is 11.3 Å². The first-order valence-corrected chi connectivity index (χ1v) is 12.0. The second kappa shape index (κ2) is 9.36. The minimum atomic E-state index is -4.91. The van der Waals surface area contributed by atoms with Gasteiger partial charge in [0.05, 0.1) is 36.3 Å². The summed E-state index contributed by atoms with van der Waals surface area (Å²) in [5.74, 6) is -0.438. The average Bonchev–Trinajstić information content (AvgIpc) is 3.30. The van der Waals surface area contributed by atoms with E-state index in [4.69, 9.17) is 4.74 Å². The van der Waals surface area contributed by atoms with Gasteiger partial charge in [0, 0.05) is 22.7 Å². The third kappa shape index (κ3) is 5.80. The second-order valence-corrected chi connectivity index (χ2v) is 10.3. The second-order valence-electron chi connectivity index (χ2n) is 9.37. The van der Waals surface area contributed by atoms with Crippen molar-refractivity contribution >= 4 is 17.2 Å². The van der Waals surface area contributed by atoms with Crippen molar-refractivity contribution in [1.29, 1.82) is 0 Å². The van der Waals surface area contributed by atoms with E-state index in [1.165, 1.54) is 11.3 Å². The molecule has 2 saturated heterocycles. The molecule has 0 saturated carbocycles. The van der Waals surface area contributed by atoms with Gasteiger partial charge in [-0.25, -0.2) is 4.98 Å². The van der Waals surface area contributed by atoms with Gasteiger partial charge in [-0.1, -0.05) is 0 Å². The standard InChI is InChI=1S/C23H25F6N3O2S/c1-12-11-35-19(31-12)9-30-20(33)16-8-21(2)18(4-3-17(16)32-21)34-10-13-5-14(22(24,25)26)7-15(6-13)23(27,28)29/h5-7,11,16-18,32H,3-4,8-10H2,1-2H3,(H,30,33). The molecule has 1 amide bonds. The molecule has 2 bridgehead atoms. The number of thiazole rings is 1. The molecule has 2 aliphatic rings. The predicted octanol–water partition coefficient (Wildman–Crippen LogP) is 5.22. The summed E-state index contributed by atoms with van der Waals surface area (Å²) in [5, 5.41) is 9.01. The quantitative estimate of drug-likeness (QED) is 0.512. The van der Waals surface area contributed by atoms with Gasteiger partial charge in [0.25, 0.3) is 0 Å². The Hall–Kier alpha value is -2.18. The fraction of sp³-hybridized carbons (Fsp3) is 0.565. The Morgan fingerprint density at radius 3 is 2.40 bits per heavy atom. The van der Waals surface area contributed by atoms with Gasteiger partial charge in [0.1, 0.15) is 5.01 Å². The molecule has 4 unspecified atom stereocenters. The number of amides is 1. The van der Waals surface area contributed by atoms with E-state index in [9.17, 15) is 31.1 Å². The maximum Gasteiger partial charge on any atom is 0.416 e. The highest BCUT2D eigenvalue weighted by Gasteiger charge is 2.52. The minimum Gasteiger partial charge on any atom is -0.372 e. The number of aryl methyl sites for hydroxylation is 1. The number of ether oxygens (including phenoxy) is 1. The maximum atomic E-state index is 13.1. The van der Waals surface area contributed by atoms with Crippen molar-refractivity contribution in [1.82, 2.24) is 15.6 Å². The molecule has 12 heteroatoms. The molecule has 0 aliphatic carbocycles. The number of hydrogen-bond donors (Lipinski definition) is 2. The summed E-state index contributed by atoms with van der Waals surface area (Å²) in [5.41, 5.74) is -2.69. The molecule has 2 N–H and O–H groups in total. The smallest absolute Gasteiger partial charge is 0.372 e. The summed E-state index contributed by atoms with van der Waals surface area (Å²) >= 11 is 1.46. The van der Waals surface area contributed by atoms with Gasteiger partial charge < -0.3 is 15.4 Å². The number of nitrogens with one attached hydrogen (secondary N) is 2. The number of fused-ring (bicyclic) bond motifs is 2. The van der Waals surface area contributed by atoms with Crippen molar-refractivity contribution < 1.29 is 35.9 Å². The largest absolute Gasteiger partial charge is 0.416 e. The number of halogens is 6. The molecule has 192 valence electrons. The Morgan fingerprint density at radius 1 is 1.17 bits per heavy atom. The molecule has 4 atom stereocenters. The summed E-state index contributed by atoms with van der Waals surface area (Å²) < 4.78 is 84.7. The molecule has 5 nitrogen and oxygen atoms in total. The van der Waals surface area contributed by atoms with Gasteiger partial charge in [-0.2, -0.15) is 26.3 Å². The van der Waals surface area contributed by atoms with Crippen molar-refractivity contribution in [3.8, 4) is 0 Å². The van der Waals surface area contributed by atoms with Gasteiger partial charge in [-0.15, -0.1) is 11.3 Å². The van der Waals surface area contributed by atoms with Crippen molar-refractivity contribution in [3.05, 3.63) is 51.0 Å². The number of nitrogens with zero attached hydrogens (tertiary/aromatic N) is 1.